The van der Waals surface area contributed by atoms with Crippen LogP contribution < -0.4 is 21.5 Å². The summed E-state index contributed by atoms with van der Waals surface area (Å²) in [5.41, 5.74) is 1.82. The van der Waals surface area contributed by atoms with Gasteiger partial charge in [0.15, 0.2) is 0 Å². The third-order valence-corrected chi connectivity index (χ3v) is 6.89. The van der Waals surface area contributed by atoms with E-state index >= 15 is 0 Å². The van der Waals surface area contributed by atoms with E-state index in [1.807, 2.05) is 70.0 Å². The van der Waals surface area contributed by atoms with E-state index in [0.717, 1.165) is 29.7 Å². The summed E-state index contributed by atoms with van der Waals surface area (Å²) in [6, 6.07) is 9.25. The Hall–Kier alpha value is -3.82. The Morgan fingerprint density at radius 2 is 1.85 bits per heavy atom. The highest BCUT2D eigenvalue weighted by Crippen LogP contribution is 2.19. The number of piperidine rings is 1. The number of ether oxygens (including phenoxy) is 1. The van der Waals surface area contributed by atoms with Crippen LogP contribution in [-0.2, 0) is 24.4 Å². The van der Waals surface area contributed by atoms with Crippen LogP contribution >= 0.6 is 0 Å². The molecule has 0 unspecified atom stereocenters. The summed E-state index contributed by atoms with van der Waals surface area (Å²) in [7, 11) is 0. The largest absolute Gasteiger partial charge is 0.444 e. The number of hydrogen-bond acceptors (Lipinski definition) is 6. The summed E-state index contributed by atoms with van der Waals surface area (Å²) in [6.07, 6.45) is 5.44. The fourth-order valence-electron chi connectivity index (χ4n) is 4.90. The van der Waals surface area contributed by atoms with Gasteiger partial charge in [-0.2, -0.15) is 0 Å². The van der Waals surface area contributed by atoms with Crippen LogP contribution in [0.4, 0.5) is 10.6 Å². The lowest BCUT2D eigenvalue weighted by Gasteiger charge is -2.36. The minimum Gasteiger partial charge on any atom is -0.444 e. The number of carbonyl (C=O) groups is 1. The van der Waals surface area contributed by atoms with Crippen molar-refractivity contribution in [2.24, 2.45) is 0 Å². The Balaban J connectivity index is 1.61. The molecule has 4 rings (SSSR count). The van der Waals surface area contributed by atoms with Crippen molar-refractivity contribution in [2.75, 3.05) is 18.0 Å². The first-order chi connectivity index (χ1) is 18.5. The van der Waals surface area contributed by atoms with Gasteiger partial charge >= 0.3 is 11.8 Å². The van der Waals surface area contributed by atoms with Crippen molar-refractivity contribution in [2.45, 2.75) is 85.2 Å². The Labute approximate surface area is 229 Å². The third-order valence-electron chi connectivity index (χ3n) is 6.89. The fraction of sp³-hybridized carbons (Fsp3) is 0.517. The molecule has 39 heavy (non-hydrogen) atoms. The highest BCUT2D eigenvalue weighted by Gasteiger charge is 2.27. The van der Waals surface area contributed by atoms with E-state index in [2.05, 4.69) is 14.9 Å². The van der Waals surface area contributed by atoms with Gasteiger partial charge in [0, 0.05) is 50.2 Å². The van der Waals surface area contributed by atoms with Gasteiger partial charge in [0.2, 0.25) is 0 Å². The van der Waals surface area contributed by atoms with E-state index in [1.165, 1.54) is 4.57 Å². The summed E-state index contributed by atoms with van der Waals surface area (Å²) >= 11 is 0. The minimum atomic E-state index is -0.589. The first kappa shape index (κ1) is 28.2. The van der Waals surface area contributed by atoms with Crippen LogP contribution in [0.15, 0.2) is 52.4 Å². The molecular formula is C29H40N6O4. The number of benzene rings is 1. The third kappa shape index (κ3) is 7.40. The number of hydrogen-bond donors (Lipinski definition) is 1. The molecule has 0 radical (unpaired) electrons. The van der Waals surface area contributed by atoms with Gasteiger partial charge in [0.05, 0.1) is 12.9 Å². The molecule has 0 aliphatic carbocycles. The smallest absolute Gasteiger partial charge is 0.407 e. The number of alkyl carbamates (subject to hydrolysis) is 1. The molecule has 0 spiro atoms. The van der Waals surface area contributed by atoms with E-state index in [9.17, 15) is 14.4 Å². The lowest BCUT2D eigenvalue weighted by atomic mass is 10.1. The molecule has 1 N–H and O–H groups in total. The number of imidazole rings is 1. The van der Waals surface area contributed by atoms with Crippen LogP contribution in [0.3, 0.4) is 0 Å². The van der Waals surface area contributed by atoms with Crippen LogP contribution in [0.2, 0.25) is 0 Å². The topological polar surface area (TPSA) is 103 Å². The normalized spacial score (nSPS) is 15.8. The van der Waals surface area contributed by atoms with Gasteiger partial charge in [0.25, 0.3) is 5.56 Å². The van der Waals surface area contributed by atoms with E-state index in [0.29, 0.717) is 38.4 Å². The standard InChI is InChI=1S/C29H40N6O4/c1-21-9-11-23(12-10-21)18-35-26(36)16-25(34(28(35)38)15-7-14-33-20-30-17-22(33)2)32-13-6-8-24(19-32)31-27(37)39-29(3,4)5/h9-12,16-17,20,24H,6-8,13-15,18-19H2,1-5H3,(H,31,37)/t24-/m1/s1. The molecule has 1 aliphatic heterocycles. The molecule has 3 aromatic rings. The first-order valence-electron chi connectivity index (χ1n) is 13.6. The van der Waals surface area contributed by atoms with Crippen molar-refractivity contribution in [3.05, 3.63) is 80.5 Å². The summed E-state index contributed by atoms with van der Waals surface area (Å²) in [4.78, 5) is 45.7. The minimum absolute atomic E-state index is 0.152. The average Bonchev–Trinajstić information content (AvgIpc) is 3.27. The molecule has 1 atom stereocenters. The molecule has 1 fully saturated rings. The van der Waals surface area contributed by atoms with Gasteiger partial charge in [-0.25, -0.2) is 14.6 Å². The predicted molar refractivity (Wildman–Crippen MR) is 151 cm³/mol. The molecule has 3 heterocycles. The maximum absolute atomic E-state index is 13.8. The Morgan fingerprint density at radius 3 is 2.51 bits per heavy atom. The van der Waals surface area contributed by atoms with Crippen LogP contribution in [0.5, 0.6) is 0 Å². The van der Waals surface area contributed by atoms with Crippen LogP contribution in [0, 0.1) is 13.8 Å². The van der Waals surface area contributed by atoms with Gasteiger partial charge in [-0.05, 0) is 59.4 Å². The monoisotopic (exact) mass is 536 g/mol. The van der Waals surface area contributed by atoms with E-state index in [1.54, 1.807) is 17.0 Å². The van der Waals surface area contributed by atoms with Gasteiger partial charge < -0.3 is 19.5 Å². The molecular weight excluding hydrogens is 496 g/mol. The number of aromatic nitrogens is 4. The molecule has 2 aromatic heterocycles. The van der Waals surface area contributed by atoms with Gasteiger partial charge in [-0.3, -0.25) is 13.9 Å². The molecule has 10 nitrogen and oxygen atoms in total. The van der Waals surface area contributed by atoms with Gasteiger partial charge in [0.1, 0.15) is 11.4 Å². The summed E-state index contributed by atoms with van der Waals surface area (Å²) in [5, 5.41) is 2.96. The van der Waals surface area contributed by atoms with Crippen molar-refractivity contribution in [1.29, 1.82) is 0 Å². The van der Waals surface area contributed by atoms with Crippen molar-refractivity contribution < 1.29 is 9.53 Å². The summed E-state index contributed by atoms with van der Waals surface area (Å²) < 4.78 is 10.5. The molecule has 10 heteroatoms. The quantitative estimate of drug-likeness (QED) is 0.473. The number of anilines is 1. The number of nitrogens with zero attached hydrogens (tertiary/aromatic N) is 5. The maximum Gasteiger partial charge on any atom is 0.407 e. The molecule has 1 amide bonds. The van der Waals surface area contributed by atoms with Crippen LogP contribution in [0.25, 0.3) is 0 Å². The molecule has 210 valence electrons. The lowest BCUT2D eigenvalue weighted by Crippen LogP contribution is -2.51. The Bertz CT molecular complexity index is 1400. The molecule has 1 aliphatic rings. The highest BCUT2D eigenvalue weighted by atomic mass is 16.6. The molecule has 0 saturated carbocycles. The second-order valence-corrected chi connectivity index (χ2v) is 11.4. The fourth-order valence-corrected chi connectivity index (χ4v) is 4.90. The average molecular weight is 537 g/mol. The maximum atomic E-state index is 13.8. The molecule has 1 aromatic carbocycles. The van der Waals surface area contributed by atoms with Gasteiger partial charge in [-0.15, -0.1) is 0 Å². The SMILES string of the molecule is Cc1ccc(Cn2c(=O)cc(N3CCC[C@@H](NC(=O)OC(C)(C)C)C3)n(CCCn3cncc3C)c2=O)cc1. The molecule has 1 saturated heterocycles. The van der Waals surface area contributed by atoms with Crippen LogP contribution in [0.1, 0.15) is 56.9 Å². The first-order valence-corrected chi connectivity index (χ1v) is 13.6. The van der Waals surface area contributed by atoms with Crippen molar-refractivity contribution in [3.63, 3.8) is 0 Å². The van der Waals surface area contributed by atoms with E-state index < -0.39 is 11.7 Å². The second-order valence-electron chi connectivity index (χ2n) is 11.4. The number of aryl methyl sites for hydroxylation is 3. The Kier molecular flexibility index (Phi) is 8.62. The second kappa shape index (κ2) is 11.9. The molecule has 0 bridgehead atoms. The summed E-state index contributed by atoms with van der Waals surface area (Å²) in [6.45, 7) is 12.0. The van der Waals surface area contributed by atoms with Crippen LogP contribution in [-0.4, -0.2) is 49.5 Å². The number of nitrogens with one attached hydrogen (secondary N) is 1. The number of amides is 1. The zero-order valence-electron chi connectivity index (χ0n) is 23.6. The zero-order valence-corrected chi connectivity index (χ0v) is 23.6. The van der Waals surface area contributed by atoms with E-state index in [4.69, 9.17) is 4.74 Å². The van der Waals surface area contributed by atoms with E-state index in [-0.39, 0.29) is 23.8 Å². The van der Waals surface area contributed by atoms with Crippen molar-refractivity contribution >= 4 is 11.9 Å². The Morgan fingerprint density at radius 1 is 1.10 bits per heavy atom. The van der Waals surface area contributed by atoms with Crippen molar-refractivity contribution in [1.82, 2.24) is 24.0 Å². The van der Waals surface area contributed by atoms with Gasteiger partial charge in [-0.1, -0.05) is 29.8 Å². The highest BCUT2D eigenvalue weighted by molar-refractivity contribution is 5.68. The zero-order chi connectivity index (χ0) is 28.2. The van der Waals surface area contributed by atoms with Crippen molar-refractivity contribution in [3.8, 4) is 0 Å². The lowest BCUT2D eigenvalue weighted by molar-refractivity contribution is 0.0500. The predicted octanol–water partition coefficient (Wildman–Crippen LogP) is 3.46. The number of carbonyl (C=O) groups excluding carboxylic acids is 1. The number of rotatable bonds is 8. The summed E-state index contributed by atoms with van der Waals surface area (Å²) in [5.74, 6) is 0.586.